The van der Waals surface area contributed by atoms with Gasteiger partial charge in [-0.05, 0) is 26.7 Å². The third-order valence-corrected chi connectivity index (χ3v) is 2.91. The molecule has 16 heavy (non-hydrogen) atoms. The average Bonchev–Trinajstić information content (AvgIpc) is 2.26. The summed E-state index contributed by atoms with van der Waals surface area (Å²) in [6, 6.07) is 0. The van der Waals surface area contributed by atoms with Gasteiger partial charge in [-0.2, -0.15) is 0 Å². The largest absolute Gasteiger partial charge is 0.377 e. The van der Waals surface area contributed by atoms with Crippen molar-refractivity contribution in [2.75, 3.05) is 20.2 Å². The lowest BCUT2D eigenvalue weighted by Crippen LogP contribution is -2.54. The van der Waals surface area contributed by atoms with Crippen molar-refractivity contribution < 1.29 is 9.53 Å². The molecule has 0 saturated carbocycles. The van der Waals surface area contributed by atoms with Crippen LogP contribution in [0.15, 0.2) is 0 Å². The molecule has 0 fully saturated rings. The molecule has 0 saturated heterocycles. The molecule has 0 aliphatic heterocycles. The van der Waals surface area contributed by atoms with E-state index in [2.05, 4.69) is 0 Å². The van der Waals surface area contributed by atoms with Crippen LogP contribution in [0, 0.1) is 0 Å². The van der Waals surface area contributed by atoms with E-state index in [1.54, 1.807) is 11.9 Å². The van der Waals surface area contributed by atoms with E-state index >= 15 is 0 Å². The fraction of sp³-hybridized carbons (Fsp3) is 0.917. The Morgan fingerprint density at radius 1 is 1.38 bits per heavy atom. The molecule has 0 radical (unpaired) electrons. The van der Waals surface area contributed by atoms with E-state index in [4.69, 9.17) is 10.5 Å². The highest BCUT2D eigenvalue weighted by Gasteiger charge is 2.32. The maximum Gasteiger partial charge on any atom is 0.242 e. The number of amides is 1. The van der Waals surface area contributed by atoms with Gasteiger partial charge < -0.3 is 15.4 Å². The van der Waals surface area contributed by atoms with Crippen LogP contribution < -0.4 is 5.73 Å². The van der Waals surface area contributed by atoms with Crippen molar-refractivity contribution in [2.24, 2.45) is 5.73 Å². The first-order chi connectivity index (χ1) is 7.37. The Kier molecular flexibility index (Phi) is 6.60. The van der Waals surface area contributed by atoms with Gasteiger partial charge in [-0.1, -0.05) is 13.8 Å². The molecule has 0 spiro atoms. The number of rotatable bonds is 7. The molecule has 1 amide bonds. The Hall–Kier alpha value is -0.610. The van der Waals surface area contributed by atoms with E-state index in [1.165, 1.54) is 0 Å². The Morgan fingerprint density at radius 2 is 1.88 bits per heavy atom. The van der Waals surface area contributed by atoms with Crippen molar-refractivity contribution in [3.8, 4) is 0 Å². The van der Waals surface area contributed by atoms with Crippen LogP contribution in [0.4, 0.5) is 0 Å². The molecule has 0 aliphatic rings. The van der Waals surface area contributed by atoms with E-state index in [0.29, 0.717) is 26.0 Å². The summed E-state index contributed by atoms with van der Waals surface area (Å²) >= 11 is 0. The smallest absolute Gasteiger partial charge is 0.242 e. The number of nitrogens with zero attached hydrogens (tertiary/aromatic N) is 1. The summed E-state index contributed by atoms with van der Waals surface area (Å²) in [5.41, 5.74) is 5.32. The standard InChI is InChI=1S/C12H26N2O2/c1-6-12(13,7-2)11(15)14(5)8-9-16-10(3)4/h10H,6-9,13H2,1-5H3. The van der Waals surface area contributed by atoms with Gasteiger partial charge in [-0.25, -0.2) is 0 Å². The maximum absolute atomic E-state index is 12.0. The Labute approximate surface area is 99.1 Å². The van der Waals surface area contributed by atoms with Crippen molar-refractivity contribution in [1.82, 2.24) is 4.90 Å². The van der Waals surface area contributed by atoms with Crippen LogP contribution in [0.1, 0.15) is 40.5 Å². The van der Waals surface area contributed by atoms with Crippen molar-refractivity contribution in [3.05, 3.63) is 0 Å². The zero-order chi connectivity index (χ0) is 12.8. The minimum atomic E-state index is -0.716. The second kappa shape index (κ2) is 6.86. The summed E-state index contributed by atoms with van der Waals surface area (Å²) in [4.78, 5) is 13.7. The maximum atomic E-state index is 12.0. The molecule has 0 unspecified atom stereocenters. The summed E-state index contributed by atoms with van der Waals surface area (Å²) in [5.74, 6) is 0.00450. The fourth-order valence-electron chi connectivity index (χ4n) is 1.46. The second-order valence-corrected chi connectivity index (χ2v) is 4.51. The summed E-state index contributed by atoms with van der Waals surface area (Å²) in [6.45, 7) is 9.00. The molecule has 0 rings (SSSR count). The van der Waals surface area contributed by atoms with Crippen LogP contribution in [-0.4, -0.2) is 42.6 Å². The number of likely N-dealkylation sites (N-methyl/N-ethyl adjacent to an activating group) is 1. The molecule has 0 aromatic rings. The predicted octanol–water partition coefficient (Wildman–Crippen LogP) is 1.39. The average molecular weight is 230 g/mol. The predicted molar refractivity (Wildman–Crippen MR) is 66.2 cm³/mol. The second-order valence-electron chi connectivity index (χ2n) is 4.51. The van der Waals surface area contributed by atoms with Gasteiger partial charge in [0.05, 0.1) is 18.2 Å². The topological polar surface area (TPSA) is 55.6 Å². The molecule has 0 aliphatic carbocycles. The highest BCUT2D eigenvalue weighted by atomic mass is 16.5. The first kappa shape index (κ1) is 15.4. The first-order valence-corrected chi connectivity index (χ1v) is 6.03. The van der Waals surface area contributed by atoms with Crippen LogP contribution in [0.25, 0.3) is 0 Å². The minimum Gasteiger partial charge on any atom is -0.377 e. The molecule has 0 aromatic carbocycles. The van der Waals surface area contributed by atoms with E-state index in [1.807, 2.05) is 27.7 Å². The van der Waals surface area contributed by atoms with Gasteiger partial charge >= 0.3 is 0 Å². The Morgan fingerprint density at radius 3 is 2.25 bits per heavy atom. The zero-order valence-corrected chi connectivity index (χ0v) is 11.2. The van der Waals surface area contributed by atoms with Crippen LogP contribution in [-0.2, 0) is 9.53 Å². The van der Waals surface area contributed by atoms with Crippen LogP contribution >= 0.6 is 0 Å². The lowest BCUT2D eigenvalue weighted by molar-refractivity contribution is -0.136. The molecular weight excluding hydrogens is 204 g/mol. The Bertz CT molecular complexity index is 213. The van der Waals surface area contributed by atoms with E-state index < -0.39 is 5.54 Å². The van der Waals surface area contributed by atoms with Crippen LogP contribution in [0.2, 0.25) is 0 Å². The molecule has 96 valence electrons. The lowest BCUT2D eigenvalue weighted by atomic mass is 9.92. The summed E-state index contributed by atoms with van der Waals surface area (Å²) in [5, 5.41) is 0. The molecular formula is C12H26N2O2. The molecule has 4 nitrogen and oxygen atoms in total. The van der Waals surface area contributed by atoms with E-state index in [9.17, 15) is 4.79 Å². The quantitative estimate of drug-likeness (QED) is 0.719. The highest BCUT2D eigenvalue weighted by molar-refractivity contribution is 5.85. The minimum absolute atomic E-state index is 0.00450. The van der Waals surface area contributed by atoms with Crippen molar-refractivity contribution in [1.29, 1.82) is 0 Å². The normalized spacial score (nSPS) is 11.9. The van der Waals surface area contributed by atoms with Gasteiger partial charge in [-0.15, -0.1) is 0 Å². The number of hydrogen-bond acceptors (Lipinski definition) is 3. The van der Waals surface area contributed by atoms with E-state index in [0.717, 1.165) is 0 Å². The molecule has 2 N–H and O–H groups in total. The van der Waals surface area contributed by atoms with Crippen LogP contribution in [0.3, 0.4) is 0 Å². The summed E-state index contributed by atoms with van der Waals surface area (Å²) in [6.07, 6.45) is 1.53. The SMILES string of the molecule is CCC(N)(CC)C(=O)N(C)CCOC(C)C. The van der Waals surface area contributed by atoms with Gasteiger partial charge in [0.15, 0.2) is 0 Å². The van der Waals surface area contributed by atoms with Crippen LogP contribution in [0.5, 0.6) is 0 Å². The zero-order valence-electron chi connectivity index (χ0n) is 11.2. The molecule has 0 aromatic heterocycles. The number of hydrogen-bond donors (Lipinski definition) is 1. The number of ether oxygens (including phenoxy) is 1. The van der Waals surface area contributed by atoms with Crippen molar-refractivity contribution >= 4 is 5.91 Å². The van der Waals surface area contributed by atoms with Gasteiger partial charge in [0, 0.05) is 13.6 Å². The van der Waals surface area contributed by atoms with Crippen molar-refractivity contribution in [2.45, 2.75) is 52.2 Å². The van der Waals surface area contributed by atoms with Gasteiger partial charge in [0.2, 0.25) is 5.91 Å². The number of carbonyl (C=O) groups excluding carboxylic acids is 1. The lowest BCUT2D eigenvalue weighted by Gasteiger charge is -2.30. The number of carbonyl (C=O) groups is 1. The third-order valence-electron chi connectivity index (χ3n) is 2.91. The van der Waals surface area contributed by atoms with E-state index in [-0.39, 0.29) is 12.0 Å². The summed E-state index contributed by atoms with van der Waals surface area (Å²) in [7, 11) is 1.78. The highest BCUT2D eigenvalue weighted by Crippen LogP contribution is 2.14. The third kappa shape index (κ3) is 4.49. The van der Waals surface area contributed by atoms with Gasteiger partial charge in [0.25, 0.3) is 0 Å². The van der Waals surface area contributed by atoms with Crippen molar-refractivity contribution in [3.63, 3.8) is 0 Å². The van der Waals surface area contributed by atoms with Gasteiger partial charge in [0.1, 0.15) is 0 Å². The first-order valence-electron chi connectivity index (χ1n) is 6.03. The fourth-order valence-corrected chi connectivity index (χ4v) is 1.46. The summed E-state index contributed by atoms with van der Waals surface area (Å²) < 4.78 is 5.41. The molecule has 0 bridgehead atoms. The molecule has 0 atom stereocenters. The Balaban J connectivity index is 4.17. The molecule has 0 heterocycles. The van der Waals surface area contributed by atoms with Gasteiger partial charge in [-0.3, -0.25) is 4.79 Å². The molecule has 4 heteroatoms. The monoisotopic (exact) mass is 230 g/mol. The number of nitrogens with two attached hydrogens (primary N) is 1.